The van der Waals surface area contributed by atoms with E-state index in [4.69, 9.17) is 23.2 Å². The van der Waals surface area contributed by atoms with Gasteiger partial charge in [-0.25, -0.2) is 8.42 Å². The summed E-state index contributed by atoms with van der Waals surface area (Å²) in [7, 11) is -4.18. The summed E-state index contributed by atoms with van der Waals surface area (Å²) >= 11 is 15.0. The first-order chi connectivity index (χ1) is 9.36. The summed E-state index contributed by atoms with van der Waals surface area (Å²) in [4.78, 5) is 10.9. The molecule has 2 N–H and O–H groups in total. The van der Waals surface area contributed by atoms with E-state index in [-0.39, 0.29) is 14.9 Å². The van der Waals surface area contributed by atoms with Crippen molar-refractivity contribution in [2.24, 2.45) is 5.41 Å². The van der Waals surface area contributed by atoms with Crippen molar-refractivity contribution in [3.8, 4) is 0 Å². The number of rotatable bonds is 4. The van der Waals surface area contributed by atoms with Crippen molar-refractivity contribution in [2.45, 2.75) is 31.7 Å². The average molecular weight is 419 g/mol. The fourth-order valence-electron chi connectivity index (χ4n) is 1.60. The van der Waals surface area contributed by atoms with Gasteiger partial charge in [0.1, 0.15) is 10.9 Å². The van der Waals surface area contributed by atoms with Gasteiger partial charge in [0.05, 0.1) is 10.0 Å². The van der Waals surface area contributed by atoms with E-state index in [0.717, 1.165) is 0 Å². The minimum absolute atomic E-state index is 0.0973. The summed E-state index contributed by atoms with van der Waals surface area (Å²) in [5, 5.41) is 9.01. The van der Waals surface area contributed by atoms with Gasteiger partial charge in [-0.3, -0.25) is 4.79 Å². The second-order valence-corrected chi connectivity index (χ2v) is 8.84. The molecule has 1 atom stereocenters. The molecule has 1 unspecified atom stereocenters. The van der Waals surface area contributed by atoms with Crippen molar-refractivity contribution in [1.82, 2.24) is 4.72 Å². The number of aliphatic carboxylic acids is 1. The van der Waals surface area contributed by atoms with Crippen LogP contribution in [0.25, 0.3) is 0 Å². The van der Waals surface area contributed by atoms with Crippen molar-refractivity contribution >= 4 is 55.1 Å². The van der Waals surface area contributed by atoms with Gasteiger partial charge in [0.15, 0.2) is 0 Å². The molecule has 0 aliphatic heterocycles. The molecule has 1 aromatic rings. The van der Waals surface area contributed by atoms with Gasteiger partial charge in [-0.15, -0.1) is 0 Å². The SMILES string of the molecule is CC(C)(C)C(NS(=O)(=O)c1c(Cl)cc(Br)cc1Cl)C(=O)O. The zero-order valence-electron chi connectivity index (χ0n) is 11.4. The molecule has 0 aliphatic rings. The van der Waals surface area contributed by atoms with Crippen LogP contribution in [0.15, 0.2) is 21.5 Å². The predicted octanol–water partition coefficient (Wildman–Crippen LogP) is 3.53. The molecule has 0 aromatic heterocycles. The minimum Gasteiger partial charge on any atom is -0.480 e. The zero-order chi connectivity index (χ0) is 16.6. The van der Waals surface area contributed by atoms with Crippen molar-refractivity contribution in [3.63, 3.8) is 0 Å². The molecular formula is C12H14BrCl2NO4S. The Balaban J connectivity index is 3.33. The average Bonchev–Trinajstić information content (AvgIpc) is 2.21. The summed E-state index contributed by atoms with van der Waals surface area (Å²) < 4.78 is 27.4. The molecule has 21 heavy (non-hydrogen) atoms. The van der Waals surface area contributed by atoms with Gasteiger partial charge >= 0.3 is 5.97 Å². The number of sulfonamides is 1. The largest absolute Gasteiger partial charge is 0.480 e. The van der Waals surface area contributed by atoms with E-state index in [1.807, 2.05) is 0 Å². The second-order valence-electron chi connectivity index (χ2n) is 5.46. The van der Waals surface area contributed by atoms with Crippen molar-refractivity contribution in [3.05, 3.63) is 26.7 Å². The van der Waals surface area contributed by atoms with Gasteiger partial charge in [0.2, 0.25) is 10.0 Å². The van der Waals surface area contributed by atoms with E-state index in [1.54, 1.807) is 20.8 Å². The van der Waals surface area contributed by atoms with Crippen LogP contribution >= 0.6 is 39.1 Å². The van der Waals surface area contributed by atoms with Crippen molar-refractivity contribution < 1.29 is 18.3 Å². The highest BCUT2D eigenvalue weighted by Crippen LogP contribution is 2.33. The number of benzene rings is 1. The molecule has 5 nitrogen and oxygen atoms in total. The van der Waals surface area contributed by atoms with Crippen LogP contribution < -0.4 is 4.72 Å². The van der Waals surface area contributed by atoms with E-state index in [2.05, 4.69) is 20.7 Å². The lowest BCUT2D eigenvalue weighted by molar-refractivity contribution is -0.141. The number of halogens is 3. The van der Waals surface area contributed by atoms with Crippen LogP contribution in [0.4, 0.5) is 0 Å². The van der Waals surface area contributed by atoms with Gasteiger partial charge in [0.25, 0.3) is 0 Å². The summed E-state index contributed by atoms with van der Waals surface area (Å²) in [5.41, 5.74) is -0.826. The van der Waals surface area contributed by atoms with Crippen LogP contribution in [0.3, 0.4) is 0 Å². The third-order valence-electron chi connectivity index (χ3n) is 2.62. The summed E-state index contributed by atoms with van der Waals surface area (Å²) in [5.74, 6) is -1.28. The first kappa shape index (κ1) is 18.7. The fourth-order valence-corrected chi connectivity index (χ4v) is 4.93. The third kappa shape index (κ3) is 4.56. The second kappa shape index (κ2) is 6.42. The van der Waals surface area contributed by atoms with Gasteiger partial charge in [-0.2, -0.15) is 4.72 Å². The number of carbonyl (C=O) groups is 1. The van der Waals surface area contributed by atoms with Gasteiger partial charge < -0.3 is 5.11 Å². The van der Waals surface area contributed by atoms with Crippen molar-refractivity contribution in [2.75, 3.05) is 0 Å². The third-order valence-corrected chi connectivity index (χ3v) is 5.42. The van der Waals surface area contributed by atoms with E-state index >= 15 is 0 Å². The van der Waals surface area contributed by atoms with E-state index in [0.29, 0.717) is 4.47 Å². The zero-order valence-corrected chi connectivity index (χ0v) is 15.4. The summed E-state index contributed by atoms with van der Waals surface area (Å²) in [6.07, 6.45) is 0. The smallest absolute Gasteiger partial charge is 0.322 e. The first-order valence-corrected chi connectivity index (χ1v) is 8.79. The molecule has 1 aromatic carbocycles. The number of hydrogen-bond acceptors (Lipinski definition) is 3. The molecule has 9 heteroatoms. The van der Waals surface area contributed by atoms with Crippen LogP contribution in [-0.4, -0.2) is 25.5 Å². The molecule has 0 bridgehead atoms. The van der Waals surface area contributed by atoms with E-state index in [1.165, 1.54) is 12.1 Å². The lowest BCUT2D eigenvalue weighted by atomic mass is 9.88. The van der Waals surface area contributed by atoms with Gasteiger partial charge in [-0.1, -0.05) is 59.9 Å². The highest BCUT2D eigenvalue weighted by Gasteiger charge is 2.36. The van der Waals surface area contributed by atoms with E-state index < -0.39 is 27.4 Å². The topological polar surface area (TPSA) is 83.5 Å². The summed E-state index contributed by atoms with van der Waals surface area (Å²) in [6, 6.07) is 1.42. The lowest BCUT2D eigenvalue weighted by Crippen LogP contribution is -2.49. The van der Waals surface area contributed by atoms with Gasteiger partial charge in [-0.05, 0) is 17.5 Å². The Labute approximate surface area is 141 Å². The van der Waals surface area contributed by atoms with Crippen LogP contribution in [0.5, 0.6) is 0 Å². The Bertz CT molecular complexity index is 647. The highest BCUT2D eigenvalue weighted by molar-refractivity contribution is 9.10. The van der Waals surface area contributed by atoms with Gasteiger partial charge in [0, 0.05) is 4.47 Å². The fraction of sp³-hybridized carbons (Fsp3) is 0.417. The number of hydrogen-bond donors (Lipinski definition) is 2. The lowest BCUT2D eigenvalue weighted by Gasteiger charge is -2.27. The molecule has 0 aliphatic carbocycles. The monoisotopic (exact) mass is 417 g/mol. The van der Waals surface area contributed by atoms with Crippen molar-refractivity contribution in [1.29, 1.82) is 0 Å². The Morgan fingerprint density at radius 2 is 1.71 bits per heavy atom. The Morgan fingerprint density at radius 3 is 2.05 bits per heavy atom. The number of carboxylic acids is 1. The maximum atomic E-state index is 12.4. The summed E-state index contributed by atoms with van der Waals surface area (Å²) in [6.45, 7) is 4.83. The maximum absolute atomic E-state index is 12.4. The minimum atomic E-state index is -4.18. The molecule has 0 saturated heterocycles. The van der Waals surface area contributed by atoms with Crippen LogP contribution in [-0.2, 0) is 14.8 Å². The molecule has 118 valence electrons. The molecule has 0 heterocycles. The van der Waals surface area contributed by atoms with Crippen LogP contribution in [0.2, 0.25) is 10.0 Å². The van der Waals surface area contributed by atoms with Crippen LogP contribution in [0.1, 0.15) is 20.8 Å². The Morgan fingerprint density at radius 1 is 1.29 bits per heavy atom. The quantitative estimate of drug-likeness (QED) is 0.783. The molecule has 0 amide bonds. The highest BCUT2D eigenvalue weighted by atomic mass is 79.9. The number of nitrogens with one attached hydrogen (secondary N) is 1. The predicted molar refractivity (Wildman–Crippen MR) is 85.4 cm³/mol. The molecule has 0 fully saturated rings. The molecule has 1 rings (SSSR count). The standard InChI is InChI=1S/C12H14BrCl2NO4S/c1-12(2,3)10(11(17)18)16-21(19,20)9-7(14)4-6(13)5-8(9)15/h4-5,10,16H,1-3H3,(H,17,18). The molecular weight excluding hydrogens is 405 g/mol. The molecule has 0 saturated carbocycles. The number of carboxylic acid groups (broad SMARTS) is 1. The molecule has 0 spiro atoms. The van der Waals surface area contributed by atoms with Crippen LogP contribution in [0, 0.1) is 5.41 Å². The van der Waals surface area contributed by atoms with E-state index in [9.17, 15) is 18.3 Å². The molecule has 0 radical (unpaired) electrons. The Kier molecular flexibility index (Phi) is 5.72. The first-order valence-electron chi connectivity index (χ1n) is 5.76. The normalized spacial score (nSPS) is 14.0. The maximum Gasteiger partial charge on any atom is 0.322 e. The Hall–Kier alpha value is -0.340.